The minimum Gasteiger partial charge on any atom is -0.785 e. The molecule has 0 fully saturated rings. The van der Waals surface area contributed by atoms with Crippen molar-refractivity contribution in [1.29, 1.82) is 0 Å². The first-order valence-electron chi connectivity index (χ1n) is 8.73. The van der Waals surface area contributed by atoms with E-state index in [-0.39, 0.29) is 5.78 Å². The van der Waals surface area contributed by atoms with Crippen molar-refractivity contribution in [3.63, 3.8) is 0 Å². The molecule has 5 rings (SSSR count). The lowest BCUT2D eigenvalue weighted by Crippen LogP contribution is -2.51. The van der Waals surface area contributed by atoms with Gasteiger partial charge in [0.05, 0.1) is 0 Å². The SMILES string of the molecule is C[C@@]12C(=O)[C@@]([O-])(c3ccccc31)[N+](c1ccccc1)=C2c1ccccc1. The number of hydrogen-bond donors (Lipinski definition) is 0. The summed E-state index contributed by atoms with van der Waals surface area (Å²) in [5, 5.41) is 14.1. The van der Waals surface area contributed by atoms with Crippen LogP contribution in [0.5, 0.6) is 0 Å². The minimum atomic E-state index is -1.93. The fourth-order valence-electron chi connectivity index (χ4n) is 4.54. The molecular weight excluding hydrogens is 322 g/mol. The molecular formula is C23H17NO2. The van der Waals surface area contributed by atoms with Crippen LogP contribution in [-0.4, -0.2) is 16.1 Å². The summed E-state index contributed by atoms with van der Waals surface area (Å²) in [5.41, 5.74) is 0.922. The van der Waals surface area contributed by atoms with Gasteiger partial charge in [-0.1, -0.05) is 60.7 Å². The highest BCUT2D eigenvalue weighted by atomic mass is 16.3. The smallest absolute Gasteiger partial charge is 0.213 e. The Kier molecular flexibility index (Phi) is 2.92. The summed E-state index contributed by atoms with van der Waals surface area (Å²) in [5.74, 6) is -0.297. The molecule has 0 aromatic heterocycles. The second-order valence-electron chi connectivity index (χ2n) is 7.03. The van der Waals surface area contributed by atoms with E-state index in [0.717, 1.165) is 22.5 Å². The molecule has 0 spiro atoms. The van der Waals surface area contributed by atoms with Gasteiger partial charge < -0.3 is 5.11 Å². The zero-order chi connectivity index (χ0) is 17.9. The largest absolute Gasteiger partial charge is 0.785 e. The van der Waals surface area contributed by atoms with Crippen LogP contribution in [0.1, 0.15) is 23.6 Å². The first-order chi connectivity index (χ1) is 12.6. The van der Waals surface area contributed by atoms with Gasteiger partial charge in [-0.05, 0) is 24.6 Å². The summed E-state index contributed by atoms with van der Waals surface area (Å²) in [6.07, 6.45) is 0. The third-order valence-corrected chi connectivity index (χ3v) is 5.67. The van der Waals surface area contributed by atoms with Crippen molar-refractivity contribution in [2.45, 2.75) is 18.1 Å². The maximum absolute atomic E-state index is 14.1. The topological polar surface area (TPSA) is 43.1 Å². The number of nitrogens with zero attached hydrogens (tertiary/aromatic N) is 1. The Morgan fingerprint density at radius 3 is 1.96 bits per heavy atom. The van der Waals surface area contributed by atoms with E-state index in [9.17, 15) is 9.90 Å². The van der Waals surface area contributed by atoms with E-state index < -0.39 is 11.1 Å². The second-order valence-corrected chi connectivity index (χ2v) is 7.03. The van der Waals surface area contributed by atoms with Crippen LogP contribution in [0.2, 0.25) is 0 Å². The molecule has 3 aromatic carbocycles. The lowest BCUT2D eigenvalue weighted by molar-refractivity contribution is -0.729. The Morgan fingerprint density at radius 1 is 0.769 bits per heavy atom. The van der Waals surface area contributed by atoms with E-state index in [0.29, 0.717) is 5.56 Å². The number of fused-ring (bicyclic) bond motifs is 5. The Labute approximate surface area is 151 Å². The standard InChI is InChI=1S/C23H17NO2/c1-22-18-14-8-9-15-19(18)23(26,21(22)25)24(17-12-6-3-7-13-17)20(22)16-10-4-2-5-11-16/h2-15H,1H3/t22-,23+/m1/s1. The third kappa shape index (κ3) is 1.61. The molecule has 1 aliphatic carbocycles. The zero-order valence-corrected chi connectivity index (χ0v) is 14.3. The van der Waals surface area contributed by atoms with Crippen molar-refractivity contribution in [3.05, 3.63) is 102 Å². The molecule has 0 N–H and O–H groups in total. The number of hydrogen-bond acceptors (Lipinski definition) is 2. The Morgan fingerprint density at radius 2 is 1.31 bits per heavy atom. The van der Waals surface area contributed by atoms with E-state index in [1.54, 1.807) is 10.6 Å². The van der Waals surface area contributed by atoms with Gasteiger partial charge in [-0.15, -0.1) is 0 Å². The van der Waals surface area contributed by atoms with E-state index in [2.05, 4.69) is 0 Å². The van der Waals surface area contributed by atoms with Gasteiger partial charge in [0.15, 0.2) is 5.72 Å². The molecule has 0 amide bonds. The van der Waals surface area contributed by atoms with Gasteiger partial charge >= 0.3 is 0 Å². The Hall–Kier alpha value is -3.04. The maximum Gasteiger partial charge on any atom is 0.213 e. The van der Waals surface area contributed by atoms with Gasteiger partial charge in [0.2, 0.25) is 17.2 Å². The van der Waals surface area contributed by atoms with Crippen molar-refractivity contribution >= 4 is 17.2 Å². The summed E-state index contributed by atoms with van der Waals surface area (Å²) in [4.78, 5) is 13.5. The fourth-order valence-corrected chi connectivity index (χ4v) is 4.54. The van der Waals surface area contributed by atoms with Crippen LogP contribution in [0.4, 0.5) is 5.69 Å². The van der Waals surface area contributed by atoms with E-state index in [1.165, 1.54) is 0 Å². The number of benzene rings is 3. The molecule has 0 unspecified atom stereocenters. The number of para-hydroxylation sites is 1. The van der Waals surface area contributed by atoms with Crippen LogP contribution in [-0.2, 0) is 15.9 Å². The lowest BCUT2D eigenvalue weighted by Gasteiger charge is -2.31. The molecule has 26 heavy (non-hydrogen) atoms. The monoisotopic (exact) mass is 339 g/mol. The molecule has 2 bridgehead atoms. The molecule has 0 radical (unpaired) electrons. The minimum absolute atomic E-state index is 0.297. The highest BCUT2D eigenvalue weighted by molar-refractivity contribution is 6.26. The van der Waals surface area contributed by atoms with Gasteiger partial charge in [0.25, 0.3) is 0 Å². The van der Waals surface area contributed by atoms with Crippen LogP contribution in [0, 0.1) is 0 Å². The molecule has 3 heteroatoms. The van der Waals surface area contributed by atoms with Crippen molar-refractivity contribution in [1.82, 2.24) is 0 Å². The van der Waals surface area contributed by atoms with E-state index >= 15 is 0 Å². The molecule has 1 heterocycles. The molecule has 1 aliphatic heterocycles. The van der Waals surface area contributed by atoms with Gasteiger partial charge in [-0.3, -0.25) is 4.79 Å². The highest BCUT2D eigenvalue weighted by Gasteiger charge is 2.69. The summed E-state index contributed by atoms with van der Waals surface area (Å²) < 4.78 is 1.70. The summed E-state index contributed by atoms with van der Waals surface area (Å²) >= 11 is 0. The van der Waals surface area contributed by atoms with Crippen LogP contribution < -0.4 is 5.11 Å². The highest BCUT2D eigenvalue weighted by Crippen LogP contribution is 2.53. The average Bonchev–Trinajstić information content (AvgIpc) is 2.99. The second kappa shape index (κ2) is 4.99. The first kappa shape index (κ1) is 15.2. The zero-order valence-electron chi connectivity index (χ0n) is 14.3. The van der Waals surface area contributed by atoms with Crippen molar-refractivity contribution < 1.29 is 14.5 Å². The third-order valence-electron chi connectivity index (χ3n) is 5.67. The Balaban J connectivity index is 1.94. The van der Waals surface area contributed by atoms with Gasteiger partial charge in [0, 0.05) is 23.3 Å². The molecule has 0 saturated heterocycles. The summed E-state index contributed by atoms with van der Waals surface area (Å²) in [6.45, 7) is 1.89. The van der Waals surface area contributed by atoms with Crippen LogP contribution in [0.3, 0.4) is 0 Å². The van der Waals surface area contributed by atoms with Crippen molar-refractivity contribution in [2.24, 2.45) is 0 Å². The number of Topliss-reactive ketones (excluding diaryl/α,β-unsaturated/α-hetero) is 1. The quantitative estimate of drug-likeness (QED) is 0.674. The predicted octanol–water partition coefficient (Wildman–Crippen LogP) is 2.89. The summed E-state index contributed by atoms with van der Waals surface area (Å²) in [6, 6.07) is 26.7. The number of rotatable bonds is 2. The fraction of sp³-hybridized carbons (Fsp3) is 0.130. The number of carbonyl (C=O) groups excluding carboxylic acids is 1. The maximum atomic E-state index is 14.1. The lowest BCUT2D eigenvalue weighted by atomic mass is 9.76. The van der Waals surface area contributed by atoms with Gasteiger partial charge in [-0.2, -0.15) is 4.58 Å². The van der Waals surface area contributed by atoms with E-state index in [4.69, 9.17) is 0 Å². The molecule has 2 aliphatic rings. The van der Waals surface area contributed by atoms with Crippen molar-refractivity contribution in [3.8, 4) is 0 Å². The molecule has 3 nitrogen and oxygen atoms in total. The predicted molar refractivity (Wildman–Crippen MR) is 97.4 cm³/mol. The molecule has 126 valence electrons. The first-order valence-corrected chi connectivity index (χ1v) is 8.73. The average molecular weight is 339 g/mol. The molecule has 3 aromatic rings. The van der Waals surface area contributed by atoms with Crippen LogP contribution >= 0.6 is 0 Å². The Bertz CT molecular complexity index is 987. The van der Waals surface area contributed by atoms with Crippen molar-refractivity contribution in [2.75, 3.05) is 0 Å². The van der Waals surface area contributed by atoms with Gasteiger partial charge in [0.1, 0.15) is 5.41 Å². The molecule has 2 atom stereocenters. The number of carbonyl (C=O) groups is 1. The van der Waals surface area contributed by atoms with Crippen LogP contribution in [0.15, 0.2) is 84.9 Å². The summed E-state index contributed by atoms with van der Waals surface area (Å²) in [7, 11) is 0. The van der Waals surface area contributed by atoms with E-state index in [1.807, 2.05) is 85.8 Å². The molecule has 0 saturated carbocycles. The normalized spacial score (nSPS) is 26.3. The number of ketones is 1. The van der Waals surface area contributed by atoms with Crippen LogP contribution in [0.25, 0.3) is 0 Å². The van der Waals surface area contributed by atoms with Gasteiger partial charge in [-0.25, -0.2) is 0 Å².